The number of hydrogen-bond acceptors (Lipinski definition) is 10. The van der Waals surface area contributed by atoms with E-state index in [2.05, 4.69) is 0 Å². The van der Waals surface area contributed by atoms with Crippen LogP contribution in [0.5, 0.6) is 5.75 Å². The number of ether oxygens (including phenoxy) is 4. The number of rotatable bonds is 5. The van der Waals surface area contributed by atoms with E-state index in [1.54, 1.807) is 0 Å². The van der Waals surface area contributed by atoms with Crippen LogP contribution in [0.25, 0.3) is 0 Å². The van der Waals surface area contributed by atoms with E-state index >= 15 is 0 Å². The third kappa shape index (κ3) is 3.08. The van der Waals surface area contributed by atoms with Crippen molar-refractivity contribution in [2.24, 2.45) is 28.6 Å². The highest BCUT2D eigenvalue weighted by atomic mass is 32.2. The van der Waals surface area contributed by atoms with Crippen LogP contribution in [-0.2, 0) is 38.7 Å². The average Bonchev–Trinajstić information content (AvgIpc) is 3.40. The van der Waals surface area contributed by atoms with Crippen LogP contribution in [0.1, 0.15) is 44.9 Å². The van der Waals surface area contributed by atoms with E-state index in [1.165, 1.54) is 31.4 Å². The summed E-state index contributed by atoms with van der Waals surface area (Å²) in [6, 6.07) is 4.38. The van der Waals surface area contributed by atoms with Crippen molar-refractivity contribution in [1.82, 2.24) is 0 Å². The molecule has 0 spiro atoms. The molecule has 4 saturated carbocycles. The summed E-state index contributed by atoms with van der Waals surface area (Å²) in [5.41, 5.74) is -2.14. The summed E-state index contributed by atoms with van der Waals surface area (Å²) in [5, 5.41) is 0. The van der Waals surface area contributed by atoms with E-state index in [-0.39, 0.29) is 18.1 Å². The number of carbonyl (C=O) groups is 3. The summed E-state index contributed by atoms with van der Waals surface area (Å²) in [4.78, 5) is 39.1. The molecule has 1 aromatic carbocycles. The summed E-state index contributed by atoms with van der Waals surface area (Å²) in [7, 11) is -4.65. The average molecular weight is 518 g/mol. The van der Waals surface area contributed by atoms with Crippen LogP contribution in [-0.4, -0.2) is 55.3 Å². The van der Waals surface area contributed by atoms with Gasteiger partial charge >= 0.3 is 17.9 Å². The monoisotopic (exact) mass is 517 g/mol. The number of carbonyl (C=O) groups excluding carboxylic acids is 3. The van der Waals surface area contributed by atoms with Crippen molar-refractivity contribution in [1.29, 1.82) is 0 Å². The molecule has 6 bridgehead atoms. The van der Waals surface area contributed by atoms with Crippen LogP contribution < -0.4 is 4.74 Å². The minimum Gasteiger partial charge on any atom is -0.744 e. The Balaban J connectivity index is 1.07. The Labute approximate surface area is 207 Å². The molecule has 7 aliphatic rings. The zero-order valence-electron chi connectivity index (χ0n) is 19.3. The SMILES string of the molecule is O=C(OC1C2CC3(C(=O)Oc4ccc(S(=O)(=O)[O-])cc4)C(=O)OC1C3O2)C12CC3CC(CC(C3)C1)C2. The van der Waals surface area contributed by atoms with E-state index in [4.69, 9.17) is 18.9 Å². The zero-order chi connectivity index (χ0) is 25.0. The maximum atomic E-state index is 13.5. The molecular formula is C25H25O10S-. The summed E-state index contributed by atoms with van der Waals surface area (Å²) in [6.07, 6.45) is 2.89. The quantitative estimate of drug-likeness (QED) is 0.245. The molecule has 0 aromatic heterocycles. The first-order valence-electron chi connectivity index (χ1n) is 12.4. The van der Waals surface area contributed by atoms with Gasteiger partial charge in [0.05, 0.1) is 10.3 Å². The number of hydrogen-bond donors (Lipinski definition) is 0. The number of esters is 3. The molecule has 1 aromatic rings. The van der Waals surface area contributed by atoms with Crippen LogP contribution in [0.15, 0.2) is 29.2 Å². The van der Waals surface area contributed by atoms with Crippen molar-refractivity contribution in [2.45, 2.75) is 74.3 Å². The fraction of sp³-hybridized carbons (Fsp3) is 0.640. The van der Waals surface area contributed by atoms with Gasteiger partial charge < -0.3 is 23.5 Å². The maximum absolute atomic E-state index is 13.5. The van der Waals surface area contributed by atoms with Crippen LogP contribution in [0.2, 0.25) is 0 Å². The Hall–Kier alpha value is -2.50. The van der Waals surface area contributed by atoms with E-state index in [0.29, 0.717) is 17.8 Å². The fourth-order valence-electron chi connectivity index (χ4n) is 8.19. The molecule has 0 N–H and O–H groups in total. The first-order valence-corrected chi connectivity index (χ1v) is 13.8. The van der Waals surface area contributed by atoms with E-state index < -0.39 is 62.2 Å². The Morgan fingerprint density at radius 3 is 2.14 bits per heavy atom. The van der Waals surface area contributed by atoms with E-state index in [9.17, 15) is 27.4 Å². The largest absolute Gasteiger partial charge is 0.744 e. The van der Waals surface area contributed by atoms with Gasteiger partial charge in [0.2, 0.25) is 0 Å². The van der Waals surface area contributed by atoms with Gasteiger partial charge in [-0.2, -0.15) is 0 Å². The molecular weight excluding hydrogens is 492 g/mol. The van der Waals surface area contributed by atoms with Gasteiger partial charge in [0.1, 0.15) is 28.1 Å². The first-order chi connectivity index (χ1) is 17.1. The van der Waals surface area contributed by atoms with Crippen LogP contribution in [0, 0.1) is 28.6 Å². The van der Waals surface area contributed by atoms with Crippen molar-refractivity contribution in [3.05, 3.63) is 24.3 Å². The molecule has 192 valence electrons. The second-order valence-corrected chi connectivity index (χ2v) is 12.9. The Bertz CT molecular complexity index is 1230. The molecule has 7 fully saturated rings. The van der Waals surface area contributed by atoms with Crippen LogP contribution >= 0.6 is 0 Å². The highest BCUT2D eigenvalue weighted by Gasteiger charge is 2.77. The van der Waals surface area contributed by atoms with Crippen molar-refractivity contribution in [3.8, 4) is 5.75 Å². The second-order valence-electron chi connectivity index (χ2n) is 11.5. The molecule has 11 heteroatoms. The third-order valence-corrected chi connectivity index (χ3v) is 10.2. The van der Waals surface area contributed by atoms with Crippen molar-refractivity contribution in [2.75, 3.05) is 0 Å². The highest BCUT2D eigenvalue weighted by Crippen LogP contribution is 2.61. The highest BCUT2D eigenvalue weighted by molar-refractivity contribution is 7.85. The predicted octanol–water partition coefficient (Wildman–Crippen LogP) is 1.71. The van der Waals surface area contributed by atoms with Gasteiger partial charge in [0, 0.05) is 6.42 Å². The summed E-state index contributed by atoms with van der Waals surface area (Å²) < 4.78 is 56.2. The van der Waals surface area contributed by atoms with Crippen molar-refractivity contribution < 1.29 is 46.3 Å². The third-order valence-electron chi connectivity index (χ3n) is 9.33. The summed E-state index contributed by atoms with van der Waals surface area (Å²) >= 11 is 0. The van der Waals surface area contributed by atoms with Crippen LogP contribution in [0.3, 0.4) is 0 Å². The van der Waals surface area contributed by atoms with Crippen LogP contribution in [0.4, 0.5) is 0 Å². The van der Waals surface area contributed by atoms with Gasteiger partial charge in [-0.25, -0.2) is 8.42 Å². The van der Waals surface area contributed by atoms with Gasteiger partial charge in [-0.1, -0.05) is 0 Å². The Morgan fingerprint density at radius 2 is 1.56 bits per heavy atom. The summed E-state index contributed by atoms with van der Waals surface area (Å²) in [5.74, 6) is -0.181. The molecule has 3 aliphatic heterocycles. The number of benzene rings is 1. The first kappa shape index (κ1) is 22.7. The molecule has 3 heterocycles. The zero-order valence-corrected chi connectivity index (χ0v) is 20.1. The lowest BCUT2D eigenvalue weighted by molar-refractivity contribution is -0.184. The minimum atomic E-state index is -4.65. The smallest absolute Gasteiger partial charge is 0.331 e. The van der Waals surface area contributed by atoms with E-state index in [0.717, 1.165) is 31.4 Å². The minimum absolute atomic E-state index is 0.0226. The maximum Gasteiger partial charge on any atom is 0.331 e. The Kier molecular flexibility index (Phi) is 4.59. The van der Waals surface area contributed by atoms with Crippen molar-refractivity contribution in [3.63, 3.8) is 0 Å². The molecule has 3 saturated heterocycles. The lowest BCUT2D eigenvalue weighted by Gasteiger charge is -2.55. The molecule has 4 aliphatic carbocycles. The lowest BCUT2D eigenvalue weighted by atomic mass is 9.49. The fourth-order valence-corrected chi connectivity index (χ4v) is 8.66. The number of fused-ring (bicyclic) bond motifs is 1. The molecule has 10 nitrogen and oxygen atoms in total. The van der Waals surface area contributed by atoms with Gasteiger partial charge in [0.25, 0.3) is 0 Å². The van der Waals surface area contributed by atoms with Gasteiger partial charge in [0.15, 0.2) is 17.6 Å². The van der Waals surface area contributed by atoms with Crippen molar-refractivity contribution >= 4 is 28.0 Å². The molecule has 5 atom stereocenters. The molecule has 36 heavy (non-hydrogen) atoms. The molecule has 0 radical (unpaired) electrons. The van der Waals surface area contributed by atoms with E-state index in [1.807, 2.05) is 0 Å². The normalized spacial score (nSPS) is 43.5. The standard InChI is InChI=1S/C25H26O10S/c26-21(24-8-12-5-13(9-24)7-14(6-12)10-24)34-18-17-11-25(20(33-17)19(18)35-23(25)28)22(27)32-15-1-3-16(4-2-15)36(29,30)31/h1-4,12-14,17-20H,5-11H2,(H,29,30,31)/p-1. The van der Waals surface area contributed by atoms with Gasteiger partial charge in [-0.15, -0.1) is 0 Å². The molecule has 5 unspecified atom stereocenters. The topological polar surface area (TPSA) is 145 Å². The van der Waals surface area contributed by atoms with Gasteiger partial charge in [-0.05, 0) is 80.5 Å². The second kappa shape index (κ2) is 7.29. The predicted molar refractivity (Wildman–Crippen MR) is 116 cm³/mol. The molecule has 8 rings (SSSR count). The van der Waals surface area contributed by atoms with Gasteiger partial charge in [-0.3, -0.25) is 14.4 Å². The molecule has 0 amide bonds. The Morgan fingerprint density at radius 1 is 0.944 bits per heavy atom. The lowest BCUT2D eigenvalue weighted by Crippen LogP contribution is -2.54. The summed E-state index contributed by atoms with van der Waals surface area (Å²) in [6.45, 7) is 0.